The van der Waals surface area contributed by atoms with E-state index in [9.17, 15) is 0 Å². The Bertz CT molecular complexity index is 693. The maximum absolute atomic E-state index is 5.73. The van der Waals surface area contributed by atoms with Gasteiger partial charge in [0.15, 0.2) is 5.96 Å². The largest absolute Gasteiger partial charge is 0.497 e. The fourth-order valence-corrected chi connectivity index (χ4v) is 2.26. The monoisotopic (exact) mass is 360 g/mol. The third-order valence-corrected chi connectivity index (χ3v) is 3.71. The summed E-state index contributed by atoms with van der Waals surface area (Å²) in [6, 6.07) is 7.60. The van der Waals surface area contributed by atoms with Crippen LogP contribution in [0.4, 0.5) is 0 Å². The quantitative estimate of drug-likeness (QED) is 0.407. The van der Waals surface area contributed by atoms with E-state index in [1.54, 1.807) is 7.11 Å². The van der Waals surface area contributed by atoms with Crippen LogP contribution in [0.5, 0.6) is 11.5 Å². The van der Waals surface area contributed by atoms with E-state index in [4.69, 9.17) is 13.9 Å². The summed E-state index contributed by atoms with van der Waals surface area (Å²) in [6.45, 7) is 8.42. The van der Waals surface area contributed by atoms with Gasteiger partial charge in [-0.2, -0.15) is 0 Å². The van der Waals surface area contributed by atoms with Crippen LogP contribution in [0.15, 0.2) is 33.7 Å². The number of hydrogen-bond acceptors (Lipinski definition) is 5. The molecule has 0 saturated carbocycles. The molecule has 1 heterocycles. The lowest BCUT2D eigenvalue weighted by Gasteiger charge is -2.11. The molecule has 142 valence electrons. The van der Waals surface area contributed by atoms with E-state index >= 15 is 0 Å². The molecule has 1 aromatic heterocycles. The van der Waals surface area contributed by atoms with Gasteiger partial charge in [-0.15, -0.1) is 0 Å². The number of benzene rings is 1. The molecule has 7 nitrogen and oxygen atoms in total. The molecule has 0 atom stereocenters. The van der Waals surface area contributed by atoms with Gasteiger partial charge in [-0.25, -0.2) is 9.98 Å². The summed E-state index contributed by atoms with van der Waals surface area (Å²) in [5.41, 5.74) is 0.905. The third kappa shape index (κ3) is 6.31. The Morgan fingerprint density at radius 1 is 1.23 bits per heavy atom. The molecule has 2 N–H and O–H groups in total. The summed E-state index contributed by atoms with van der Waals surface area (Å²) >= 11 is 0. The van der Waals surface area contributed by atoms with Gasteiger partial charge in [0, 0.05) is 19.2 Å². The Morgan fingerprint density at radius 3 is 2.73 bits per heavy atom. The SMILES string of the molecule is CCNC(=NCc1nc(C)c(C)o1)NCCCOc1cccc(OC)c1. The van der Waals surface area contributed by atoms with Crippen LogP contribution < -0.4 is 20.1 Å². The molecule has 0 aliphatic carbocycles. The van der Waals surface area contributed by atoms with Crippen molar-refractivity contribution in [2.45, 2.75) is 33.7 Å². The Morgan fingerprint density at radius 2 is 2.04 bits per heavy atom. The molecule has 1 aromatic carbocycles. The van der Waals surface area contributed by atoms with Crippen LogP contribution in [0.2, 0.25) is 0 Å². The van der Waals surface area contributed by atoms with E-state index in [0.717, 1.165) is 48.4 Å². The molecule has 26 heavy (non-hydrogen) atoms. The van der Waals surface area contributed by atoms with Gasteiger partial charge in [-0.1, -0.05) is 6.07 Å². The number of aryl methyl sites for hydroxylation is 2. The van der Waals surface area contributed by atoms with Gasteiger partial charge in [-0.05, 0) is 39.3 Å². The maximum atomic E-state index is 5.73. The molecule has 0 amide bonds. The standard InChI is InChI=1S/C19H28N4O3/c1-5-20-19(22-13-18-23-14(2)15(3)26-18)21-10-7-11-25-17-9-6-8-16(12-17)24-4/h6,8-9,12H,5,7,10-11,13H2,1-4H3,(H2,20,21,22). The highest BCUT2D eigenvalue weighted by Crippen LogP contribution is 2.18. The fraction of sp³-hybridized carbons (Fsp3) is 0.474. The van der Waals surface area contributed by atoms with Gasteiger partial charge in [0.1, 0.15) is 23.8 Å². The van der Waals surface area contributed by atoms with Crippen molar-refractivity contribution in [1.29, 1.82) is 0 Å². The van der Waals surface area contributed by atoms with Crippen LogP contribution in [-0.4, -0.2) is 37.7 Å². The van der Waals surface area contributed by atoms with Gasteiger partial charge in [0.25, 0.3) is 0 Å². The molecule has 0 bridgehead atoms. The van der Waals surface area contributed by atoms with Crippen molar-refractivity contribution >= 4 is 5.96 Å². The van der Waals surface area contributed by atoms with E-state index in [1.165, 1.54) is 0 Å². The zero-order valence-corrected chi connectivity index (χ0v) is 16.0. The Labute approximate surface area is 154 Å². The zero-order valence-electron chi connectivity index (χ0n) is 16.0. The normalized spacial score (nSPS) is 11.3. The summed E-state index contributed by atoms with van der Waals surface area (Å²) in [5.74, 6) is 3.79. The first-order valence-electron chi connectivity index (χ1n) is 8.84. The molecule has 0 fully saturated rings. The number of oxazole rings is 1. The maximum Gasteiger partial charge on any atom is 0.216 e. The number of rotatable bonds is 9. The lowest BCUT2D eigenvalue weighted by atomic mass is 10.3. The van der Waals surface area contributed by atoms with Crippen LogP contribution in [0, 0.1) is 13.8 Å². The van der Waals surface area contributed by atoms with E-state index in [0.29, 0.717) is 19.0 Å². The van der Waals surface area contributed by atoms with Crippen LogP contribution in [0.25, 0.3) is 0 Å². The first kappa shape index (κ1) is 19.6. The molecule has 0 spiro atoms. The highest BCUT2D eigenvalue weighted by molar-refractivity contribution is 5.79. The van der Waals surface area contributed by atoms with E-state index in [2.05, 4.69) is 20.6 Å². The number of nitrogens with one attached hydrogen (secondary N) is 2. The van der Waals surface area contributed by atoms with Gasteiger partial charge in [0.2, 0.25) is 5.89 Å². The average Bonchev–Trinajstić information content (AvgIpc) is 2.97. The lowest BCUT2D eigenvalue weighted by molar-refractivity contribution is 0.308. The average molecular weight is 360 g/mol. The highest BCUT2D eigenvalue weighted by Gasteiger charge is 2.05. The van der Waals surface area contributed by atoms with Crippen molar-refractivity contribution in [2.24, 2.45) is 4.99 Å². The minimum absolute atomic E-state index is 0.407. The predicted octanol–water partition coefficient (Wildman–Crippen LogP) is 2.82. The Balaban J connectivity index is 1.74. The predicted molar refractivity (Wildman–Crippen MR) is 102 cm³/mol. The lowest BCUT2D eigenvalue weighted by Crippen LogP contribution is -2.38. The van der Waals surface area contributed by atoms with E-state index < -0.39 is 0 Å². The molecule has 2 aromatic rings. The van der Waals surface area contributed by atoms with Crippen LogP contribution in [0.1, 0.15) is 30.7 Å². The van der Waals surface area contributed by atoms with E-state index in [-0.39, 0.29) is 0 Å². The molecular formula is C19H28N4O3. The summed E-state index contributed by atoms with van der Waals surface area (Å²) in [5, 5.41) is 6.50. The van der Waals surface area contributed by atoms with Crippen LogP contribution in [-0.2, 0) is 6.54 Å². The number of aliphatic imine (C=N–C) groups is 1. The fourth-order valence-electron chi connectivity index (χ4n) is 2.26. The van der Waals surface area contributed by atoms with Crippen molar-refractivity contribution < 1.29 is 13.9 Å². The molecule has 7 heteroatoms. The number of ether oxygens (including phenoxy) is 2. The minimum Gasteiger partial charge on any atom is -0.497 e. The van der Waals surface area contributed by atoms with E-state index in [1.807, 2.05) is 45.0 Å². The second-order valence-electron chi connectivity index (χ2n) is 5.75. The van der Waals surface area contributed by atoms with Crippen molar-refractivity contribution in [3.8, 4) is 11.5 Å². The Hall–Kier alpha value is -2.70. The second kappa shape index (κ2) is 10.3. The summed E-state index contributed by atoms with van der Waals surface area (Å²) in [6.07, 6.45) is 0.846. The van der Waals surface area contributed by atoms with Crippen molar-refractivity contribution in [3.05, 3.63) is 41.6 Å². The Kier molecular flexibility index (Phi) is 7.79. The summed E-state index contributed by atoms with van der Waals surface area (Å²) in [7, 11) is 1.64. The second-order valence-corrected chi connectivity index (χ2v) is 5.75. The van der Waals surface area contributed by atoms with Gasteiger partial charge < -0.3 is 24.5 Å². The van der Waals surface area contributed by atoms with Gasteiger partial charge in [0.05, 0.1) is 19.4 Å². The smallest absolute Gasteiger partial charge is 0.216 e. The van der Waals surface area contributed by atoms with Crippen molar-refractivity contribution in [3.63, 3.8) is 0 Å². The zero-order chi connectivity index (χ0) is 18.8. The van der Waals surface area contributed by atoms with Gasteiger partial charge >= 0.3 is 0 Å². The van der Waals surface area contributed by atoms with Crippen molar-refractivity contribution in [2.75, 3.05) is 26.8 Å². The van der Waals surface area contributed by atoms with Gasteiger partial charge in [-0.3, -0.25) is 0 Å². The summed E-state index contributed by atoms with van der Waals surface area (Å²) < 4.78 is 16.5. The molecule has 0 saturated heterocycles. The number of hydrogen-bond donors (Lipinski definition) is 2. The first-order valence-corrected chi connectivity index (χ1v) is 8.84. The topological polar surface area (TPSA) is 80.9 Å². The molecule has 0 aliphatic rings. The summed E-state index contributed by atoms with van der Waals surface area (Å²) in [4.78, 5) is 8.84. The van der Waals surface area contributed by atoms with Crippen molar-refractivity contribution in [1.82, 2.24) is 15.6 Å². The molecule has 0 aliphatic heterocycles. The molecule has 0 radical (unpaired) electrons. The molecule has 2 rings (SSSR count). The number of guanidine groups is 1. The number of methoxy groups -OCH3 is 1. The first-order chi connectivity index (χ1) is 12.6. The molecule has 0 unspecified atom stereocenters. The van der Waals surface area contributed by atoms with Crippen LogP contribution in [0.3, 0.4) is 0 Å². The number of aromatic nitrogens is 1. The van der Waals surface area contributed by atoms with Crippen LogP contribution >= 0.6 is 0 Å². The number of nitrogens with zero attached hydrogens (tertiary/aromatic N) is 2. The molecular weight excluding hydrogens is 332 g/mol. The minimum atomic E-state index is 0.407. The highest BCUT2D eigenvalue weighted by atomic mass is 16.5. The third-order valence-electron chi connectivity index (χ3n) is 3.71.